The summed E-state index contributed by atoms with van der Waals surface area (Å²) in [6.45, 7) is 2.07. The predicted molar refractivity (Wildman–Crippen MR) is 127 cm³/mol. The van der Waals surface area contributed by atoms with Crippen LogP contribution < -0.4 is 10.1 Å². The van der Waals surface area contributed by atoms with Gasteiger partial charge in [0, 0.05) is 18.7 Å². The summed E-state index contributed by atoms with van der Waals surface area (Å²) in [7, 11) is 2.82. The molecular weight excluding hydrogens is 438 g/mol. The van der Waals surface area contributed by atoms with E-state index in [-0.39, 0.29) is 17.7 Å². The fourth-order valence-electron chi connectivity index (χ4n) is 5.41. The summed E-state index contributed by atoms with van der Waals surface area (Å²) in [4.78, 5) is 16.5. The number of carbonyl (C=O) groups excluding carboxylic acids is 1. The van der Waals surface area contributed by atoms with E-state index in [9.17, 15) is 9.18 Å². The first-order valence-electron chi connectivity index (χ1n) is 12.1. The summed E-state index contributed by atoms with van der Waals surface area (Å²) in [5.41, 5.74) is -0.568. The van der Waals surface area contributed by atoms with Crippen molar-refractivity contribution in [2.75, 3.05) is 26.1 Å². The van der Waals surface area contributed by atoms with E-state index in [0.717, 1.165) is 56.2 Å². The number of halogens is 2. The van der Waals surface area contributed by atoms with Gasteiger partial charge in [0.05, 0.1) is 14.2 Å². The fraction of sp³-hybridized carbons (Fsp3) is 0.556. The lowest BCUT2D eigenvalue weighted by Gasteiger charge is -2.30. The van der Waals surface area contributed by atoms with Gasteiger partial charge in [0.15, 0.2) is 0 Å². The average molecular weight is 473 g/mol. The third kappa shape index (κ3) is 5.34. The Morgan fingerprint density at radius 1 is 1.15 bits per heavy atom. The quantitative estimate of drug-likeness (QED) is 0.453. The second-order valence-corrected chi connectivity index (χ2v) is 9.84. The SMILES string of the molecule is COC(=O)C(C)(F)C(c1ccnc(NC[C@H]2CC[C@H](c3cc(OC)ccc3F)CC2)c1)C1CC1. The van der Waals surface area contributed by atoms with E-state index in [2.05, 4.69) is 10.3 Å². The number of pyridine rings is 1. The molecule has 2 aliphatic rings. The third-order valence-corrected chi connectivity index (χ3v) is 7.47. The second kappa shape index (κ2) is 10.3. The minimum atomic E-state index is -2.08. The van der Waals surface area contributed by atoms with E-state index in [0.29, 0.717) is 17.5 Å². The Morgan fingerprint density at radius 2 is 1.88 bits per heavy atom. The maximum Gasteiger partial charge on any atom is 0.343 e. The van der Waals surface area contributed by atoms with Gasteiger partial charge in [-0.25, -0.2) is 18.6 Å². The number of methoxy groups -OCH3 is 2. The Morgan fingerprint density at radius 3 is 2.53 bits per heavy atom. The lowest BCUT2D eigenvalue weighted by molar-refractivity contribution is -0.155. The van der Waals surface area contributed by atoms with Crippen LogP contribution in [0.25, 0.3) is 0 Å². The highest BCUT2D eigenvalue weighted by Crippen LogP contribution is 2.50. The molecule has 0 amide bonds. The van der Waals surface area contributed by atoms with E-state index < -0.39 is 17.6 Å². The third-order valence-electron chi connectivity index (χ3n) is 7.47. The molecule has 34 heavy (non-hydrogen) atoms. The number of ether oxygens (including phenoxy) is 2. The molecule has 2 fully saturated rings. The minimum absolute atomic E-state index is 0.136. The van der Waals surface area contributed by atoms with Crippen molar-refractivity contribution in [3.63, 3.8) is 0 Å². The van der Waals surface area contributed by atoms with Gasteiger partial charge in [-0.2, -0.15) is 0 Å². The second-order valence-electron chi connectivity index (χ2n) is 9.84. The van der Waals surface area contributed by atoms with Gasteiger partial charge in [0.25, 0.3) is 0 Å². The molecule has 1 N–H and O–H groups in total. The van der Waals surface area contributed by atoms with Crippen molar-refractivity contribution in [2.24, 2.45) is 11.8 Å². The molecule has 5 nitrogen and oxygen atoms in total. The Bertz CT molecular complexity index is 1000. The molecule has 0 aliphatic heterocycles. The van der Waals surface area contributed by atoms with Crippen molar-refractivity contribution in [2.45, 2.75) is 63.0 Å². The zero-order valence-electron chi connectivity index (χ0n) is 20.2. The molecule has 2 unspecified atom stereocenters. The van der Waals surface area contributed by atoms with Gasteiger partial charge < -0.3 is 14.8 Å². The lowest BCUT2D eigenvalue weighted by Crippen LogP contribution is -2.39. The van der Waals surface area contributed by atoms with E-state index in [1.165, 1.54) is 20.1 Å². The molecule has 2 aliphatic carbocycles. The molecule has 2 aromatic rings. The molecule has 4 rings (SSSR count). The number of carbonyl (C=O) groups is 1. The van der Waals surface area contributed by atoms with Crippen LogP contribution in [0.1, 0.15) is 68.4 Å². The molecule has 0 bridgehead atoms. The van der Waals surface area contributed by atoms with Crippen LogP contribution in [-0.4, -0.2) is 37.4 Å². The van der Waals surface area contributed by atoms with Gasteiger partial charge >= 0.3 is 5.97 Å². The van der Waals surface area contributed by atoms with Crippen LogP contribution >= 0.6 is 0 Å². The number of esters is 1. The van der Waals surface area contributed by atoms with Crippen molar-refractivity contribution in [1.29, 1.82) is 0 Å². The smallest absolute Gasteiger partial charge is 0.343 e. The number of benzene rings is 1. The van der Waals surface area contributed by atoms with Gasteiger partial charge in [0.2, 0.25) is 5.67 Å². The van der Waals surface area contributed by atoms with Gasteiger partial charge in [-0.05, 0) is 105 Å². The summed E-state index contributed by atoms with van der Waals surface area (Å²) in [5.74, 6) is 0.620. The maximum absolute atomic E-state index is 15.4. The van der Waals surface area contributed by atoms with Crippen LogP contribution in [0.3, 0.4) is 0 Å². The van der Waals surface area contributed by atoms with E-state index in [1.807, 2.05) is 12.1 Å². The number of hydrogen-bond acceptors (Lipinski definition) is 5. The number of rotatable bonds is 9. The first-order valence-corrected chi connectivity index (χ1v) is 12.1. The predicted octanol–water partition coefficient (Wildman–Crippen LogP) is 6.01. The van der Waals surface area contributed by atoms with Crippen molar-refractivity contribution in [1.82, 2.24) is 4.98 Å². The zero-order chi connectivity index (χ0) is 24.3. The van der Waals surface area contributed by atoms with Crippen molar-refractivity contribution in [3.8, 4) is 5.75 Å². The first kappa shape index (κ1) is 24.4. The highest BCUT2D eigenvalue weighted by molar-refractivity contribution is 5.80. The van der Waals surface area contributed by atoms with E-state index in [1.54, 1.807) is 25.4 Å². The molecule has 0 spiro atoms. The topological polar surface area (TPSA) is 60.5 Å². The molecule has 0 radical (unpaired) electrons. The number of aromatic nitrogens is 1. The normalized spacial score (nSPS) is 23.0. The zero-order valence-corrected chi connectivity index (χ0v) is 20.2. The molecule has 1 aromatic carbocycles. The fourth-order valence-corrected chi connectivity index (χ4v) is 5.41. The summed E-state index contributed by atoms with van der Waals surface area (Å²) in [5, 5.41) is 3.40. The Hall–Kier alpha value is -2.70. The van der Waals surface area contributed by atoms with Crippen LogP contribution in [-0.2, 0) is 9.53 Å². The molecule has 1 aromatic heterocycles. The summed E-state index contributed by atoms with van der Waals surface area (Å²) in [6.07, 6.45) is 7.31. The lowest BCUT2D eigenvalue weighted by atomic mass is 9.78. The molecule has 184 valence electrons. The highest BCUT2D eigenvalue weighted by Gasteiger charge is 2.50. The average Bonchev–Trinajstić information content (AvgIpc) is 3.68. The maximum atomic E-state index is 15.4. The van der Waals surface area contributed by atoms with E-state index >= 15 is 4.39 Å². The van der Waals surface area contributed by atoms with Crippen LogP contribution in [0.2, 0.25) is 0 Å². The molecule has 0 saturated heterocycles. The number of hydrogen-bond donors (Lipinski definition) is 1. The summed E-state index contributed by atoms with van der Waals surface area (Å²) < 4.78 is 39.8. The molecular formula is C27H34F2N2O3. The minimum Gasteiger partial charge on any atom is -0.497 e. The van der Waals surface area contributed by atoms with Gasteiger partial charge in [-0.15, -0.1) is 0 Å². The van der Waals surface area contributed by atoms with E-state index in [4.69, 9.17) is 9.47 Å². The molecule has 2 atom stereocenters. The van der Waals surface area contributed by atoms with Crippen molar-refractivity contribution >= 4 is 11.8 Å². The number of nitrogens with zero attached hydrogens (tertiary/aromatic N) is 1. The monoisotopic (exact) mass is 472 g/mol. The van der Waals surface area contributed by atoms with Gasteiger partial charge in [-0.3, -0.25) is 0 Å². The van der Waals surface area contributed by atoms with Crippen molar-refractivity contribution < 1.29 is 23.0 Å². The Balaban J connectivity index is 1.36. The Labute approximate surface area is 200 Å². The first-order chi connectivity index (χ1) is 16.3. The highest BCUT2D eigenvalue weighted by atomic mass is 19.1. The molecule has 2 saturated carbocycles. The summed E-state index contributed by atoms with van der Waals surface area (Å²) in [6, 6.07) is 8.61. The number of nitrogens with one attached hydrogen (secondary N) is 1. The van der Waals surface area contributed by atoms with Crippen LogP contribution in [0.4, 0.5) is 14.6 Å². The number of alkyl halides is 1. The van der Waals surface area contributed by atoms with Crippen molar-refractivity contribution in [3.05, 3.63) is 53.5 Å². The summed E-state index contributed by atoms with van der Waals surface area (Å²) >= 11 is 0. The van der Waals surface area contributed by atoms with Gasteiger partial charge in [0.1, 0.15) is 17.4 Å². The molecule has 7 heteroatoms. The van der Waals surface area contributed by atoms with Crippen LogP contribution in [0.15, 0.2) is 36.5 Å². The largest absolute Gasteiger partial charge is 0.497 e. The number of anilines is 1. The van der Waals surface area contributed by atoms with Crippen LogP contribution in [0.5, 0.6) is 5.75 Å². The molecule has 1 heterocycles. The Kier molecular flexibility index (Phi) is 7.39. The standard InChI is InChI=1S/C27H34F2N2O3/c1-27(29,26(32)34-3)25(19-8-9-19)20-12-13-30-24(14-20)31-16-17-4-6-18(7-5-17)22-15-21(33-2)10-11-23(22)28/h10-15,17-19,25H,4-9,16H2,1-3H3,(H,30,31)/t17-,18-,25?,27?. The van der Waals surface area contributed by atoms with Crippen LogP contribution in [0, 0.1) is 17.7 Å². The van der Waals surface area contributed by atoms with Gasteiger partial charge in [-0.1, -0.05) is 0 Å².